The van der Waals surface area contributed by atoms with Crippen LogP contribution in [0.5, 0.6) is 0 Å². The van der Waals surface area contributed by atoms with E-state index in [0.717, 1.165) is 19.3 Å². The molecule has 1 saturated carbocycles. The van der Waals surface area contributed by atoms with Gasteiger partial charge in [0.2, 0.25) is 0 Å². The van der Waals surface area contributed by atoms with Gasteiger partial charge in [-0.2, -0.15) is 0 Å². The second-order valence-corrected chi connectivity index (χ2v) is 6.79. The molecule has 0 aliphatic heterocycles. The number of aliphatic hydroxyl groups is 2. The van der Waals surface area contributed by atoms with Crippen molar-refractivity contribution in [3.05, 3.63) is 12.2 Å². The Kier molecular flexibility index (Phi) is 3.90. The van der Waals surface area contributed by atoms with E-state index in [0.29, 0.717) is 11.8 Å². The molecule has 0 radical (unpaired) electrons. The van der Waals surface area contributed by atoms with E-state index in [2.05, 4.69) is 13.0 Å². The second-order valence-electron chi connectivity index (χ2n) is 6.79. The molecule has 0 spiro atoms. The van der Waals surface area contributed by atoms with Gasteiger partial charge in [-0.25, -0.2) is 0 Å². The van der Waals surface area contributed by atoms with E-state index >= 15 is 0 Å². The van der Waals surface area contributed by atoms with Crippen LogP contribution in [0.3, 0.4) is 0 Å². The van der Waals surface area contributed by atoms with E-state index in [1.165, 1.54) is 0 Å². The Morgan fingerprint density at radius 3 is 2.68 bits per heavy atom. The van der Waals surface area contributed by atoms with Crippen molar-refractivity contribution in [3.63, 3.8) is 0 Å². The lowest BCUT2D eigenvalue weighted by Crippen LogP contribution is -2.57. The number of carbonyl (C=O) groups is 1. The molecule has 0 amide bonds. The number of hydrogen-bond donors (Lipinski definition) is 2. The minimum atomic E-state index is -1.11. The molecule has 3 nitrogen and oxygen atoms in total. The van der Waals surface area contributed by atoms with Gasteiger partial charge in [-0.05, 0) is 44.4 Å². The highest BCUT2D eigenvalue weighted by Crippen LogP contribution is 2.54. The van der Waals surface area contributed by atoms with Crippen molar-refractivity contribution in [3.8, 4) is 0 Å². The lowest BCUT2D eigenvalue weighted by atomic mass is 9.52. The van der Waals surface area contributed by atoms with Crippen molar-refractivity contribution < 1.29 is 15.0 Å². The zero-order valence-corrected chi connectivity index (χ0v) is 12.2. The molecule has 19 heavy (non-hydrogen) atoms. The molecule has 0 heterocycles. The van der Waals surface area contributed by atoms with Gasteiger partial charge in [0, 0.05) is 13.0 Å². The minimum absolute atomic E-state index is 0.00565. The summed E-state index contributed by atoms with van der Waals surface area (Å²) in [5.74, 6) is 1.26. The summed E-state index contributed by atoms with van der Waals surface area (Å²) in [5, 5.41) is 19.8. The predicted molar refractivity (Wildman–Crippen MR) is 74.6 cm³/mol. The van der Waals surface area contributed by atoms with Gasteiger partial charge in [-0.1, -0.05) is 25.5 Å². The molecule has 2 aliphatic carbocycles. The standard InChI is InChI=1S/C16H26O3/c1-11-4-5-13-12(10-11)6-8-15(2,19)16(13,3)14(18)7-9-17/h6,8,11-13,17,19H,4-5,7,9-10H2,1-3H3/t11?,12-,13?,15+,16-/m0/s1. The first-order valence-corrected chi connectivity index (χ1v) is 7.39. The molecule has 1 fully saturated rings. The predicted octanol–water partition coefficient (Wildman–Crippen LogP) is 2.32. The summed E-state index contributed by atoms with van der Waals surface area (Å²) >= 11 is 0. The van der Waals surface area contributed by atoms with Crippen molar-refractivity contribution in [1.29, 1.82) is 0 Å². The Hall–Kier alpha value is -0.670. The van der Waals surface area contributed by atoms with Crippen molar-refractivity contribution in [2.75, 3.05) is 6.61 Å². The van der Waals surface area contributed by atoms with Crippen molar-refractivity contribution in [2.45, 2.75) is 52.1 Å². The highest BCUT2D eigenvalue weighted by molar-refractivity contribution is 5.87. The van der Waals surface area contributed by atoms with Gasteiger partial charge in [0.25, 0.3) is 0 Å². The molecule has 0 aromatic carbocycles. The molecular formula is C16H26O3. The van der Waals surface area contributed by atoms with E-state index in [9.17, 15) is 9.90 Å². The van der Waals surface area contributed by atoms with Crippen molar-refractivity contribution in [1.82, 2.24) is 0 Å². The SMILES string of the molecule is CC1CCC2[C@@H](C=C[C@@](C)(O)[C@]2(C)C(=O)CCO)C1. The van der Waals surface area contributed by atoms with Crippen LogP contribution in [-0.4, -0.2) is 28.2 Å². The Balaban J connectivity index is 2.38. The summed E-state index contributed by atoms with van der Waals surface area (Å²) in [6.07, 6.45) is 7.25. The Morgan fingerprint density at radius 2 is 2.05 bits per heavy atom. The summed E-state index contributed by atoms with van der Waals surface area (Å²) < 4.78 is 0. The summed E-state index contributed by atoms with van der Waals surface area (Å²) in [7, 11) is 0. The molecule has 5 atom stereocenters. The minimum Gasteiger partial charge on any atom is -0.396 e. The number of carbonyl (C=O) groups excluding carboxylic acids is 1. The molecule has 3 heteroatoms. The number of aliphatic hydroxyl groups excluding tert-OH is 1. The first-order chi connectivity index (χ1) is 8.83. The number of allylic oxidation sites excluding steroid dienone is 1. The Bertz CT molecular complexity index is 385. The van der Waals surface area contributed by atoms with Gasteiger partial charge in [-0.15, -0.1) is 0 Å². The maximum atomic E-state index is 12.5. The maximum absolute atomic E-state index is 12.5. The van der Waals surface area contributed by atoms with Crippen molar-refractivity contribution in [2.24, 2.45) is 23.2 Å². The first kappa shape index (κ1) is 14.7. The number of rotatable bonds is 3. The molecule has 2 unspecified atom stereocenters. The Labute approximate surface area is 115 Å². The van der Waals surface area contributed by atoms with E-state index in [4.69, 9.17) is 5.11 Å². The molecule has 2 rings (SSSR count). The van der Waals surface area contributed by atoms with Gasteiger partial charge >= 0.3 is 0 Å². The zero-order chi connectivity index (χ0) is 14.3. The second kappa shape index (κ2) is 5.02. The van der Waals surface area contributed by atoms with E-state index in [-0.39, 0.29) is 24.7 Å². The fourth-order valence-corrected chi connectivity index (χ4v) is 4.06. The van der Waals surface area contributed by atoms with Crippen LogP contribution in [0, 0.1) is 23.2 Å². The first-order valence-electron chi connectivity index (χ1n) is 7.39. The third-order valence-corrected chi connectivity index (χ3v) is 5.54. The lowest BCUT2D eigenvalue weighted by molar-refractivity contribution is -0.153. The van der Waals surface area contributed by atoms with Crippen LogP contribution in [0.1, 0.15) is 46.5 Å². The van der Waals surface area contributed by atoms with Crippen LogP contribution in [0.15, 0.2) is 12.2 Å². The third-order valence-electron chi connectivity index (χ3n) is 5.54. The van der Waals surface area contributed by atoms with Gasteiger partial charge < -0.3 is 10.2 Å². The average molecular weight is 266 g/mol. The molecule has 0 aromatic rings. The molecule has 0 aromatic heterocycles. The fraction of sp³-hybridized carbons (Fsp3) is 0.812. The van der Waals surface area contributed by atoms with Crippen LogP contribution < -0.4 is 0 Å². The molecule has 2 N–H and O–H groups in total. The number of fused-ring (bicyclic) bond motifs is 1. The van der Waals surface area contributed by atoms with Gasteiger partial charge in [-0.3, -0.25) is 4.79 Å². The summed E-state index contributed by atoms with van der Waals surface area (Å²) in [6, 6.07) is 0. The quantitative estimate of drug-likeness (QED) is 0.771. The lowest BCUT2D eigenvalue weighted by Gasteiger charge is -2.53. The van der Waals surface area contributed by atoms with Crippen LogP contribution in [0.2, 0.25) is 0 Å². The summed E-state index contributed by atoms with van der Waals surface area (Å²) in [5.41, 5.74) is -1.88. The van der Waals surface area contributed by atoms with E-state index in [1.54, 1.807) is 6.92 Å². The Morgan fingerprint density at radius 1 is 1.37 bits per heavy atom. The number of ketones is 1. The number of Topliss-reactive ketones (excluding diaryl/α,β-unsaturated/α-hetero) is 1. The van der Waals surface area contributed by atoms with Gasteiger partial charge in [0.05, 0.1) is 11.0 Å². The molecule has 108 valence electrons. The third kappa shape index (κ3) is 2.27. The fourth-order valence-electron chi connectivity index (χ4n) is 4.06. The smallest absolute Gasteiger partial charge is 0.144 e. The van der Waals surface area contributed by atoms with Crippen LogP contribution >= 0.6 is 0 Å². The summed E-state index contributed by atoms with van der Waals surface area (Å²) in [6.45, 7) is 5.74. The largest absolute Gasteiger partial charge is 0.396 e. The van der Waals surface area contributed by atoms with Gasteiger partial charge in [0.15, 0.2) is 0 Å². The van der Waals surface area contributed by atoms with Gasteiger partial charge in [0.1, 0.15) is 5.78 Å². The molecule has 0 bridgehead atoms. The average Bonchev–Trinajstić information content (AvgIpc) is 2.34. The molecule has 0 saturated heterocycles. The van der Waals surface area contributed by atoms with Crippen LogP contribution in [0.25, 0.3) is 0 Å². The monoisotopic (exact) mass is 266 g/mol. The van der Waals surface area contributed by atoms with E-state index < -0.39 is 11.0 Å². The van der Waals surface area contributed by atoms with Crippen LogP contribution in [-0.2, 0) is 4.79 Å². The normalized spacial score (nSPS) is 45.8. The van der Waals surface area contributed by atoms with E-state index in [1.807, 2.05) is 13.0 Å². The maximum Gasteiger partial charge on any atom is 0.144 e. The van der Waals surface area contributed by atoms with Crippen LogP contribution in [0.4, 0.5) is 0 Å². The molecule has 2 aliphatic rings. The number of hydrogen-bond acceptors (Lipinski definition) is 3. The molecular weight excluding hydrogens is 240 g/mol. The zero-order valence-electron chi connectivity index (χ0n) is 12.2. The highest BCUT2D eigenvalue weighted by Gasteiger charge is 2.56. The highest BCUT2D eigenvalue weighted by atomic mass is 16.3. The summed E-state index contributed by atoms with van der Waals surface area (Å²) in [4.78, 5) is 12.5. The topological polar surface area (TPSA) is 57.5 Å². The van der Waals surface area contributed by atoms with Crippen molar-refractivity contribution >= 4 is 5.78 Å².